The average molecular weight is 641 g/mol. The normalized spacial score (nSPS) is 11.2. The maximum atomic E-state index is 6.55. The van der Waals surface area contributed by atoms with Gasteiger partial charge in [0.2, 0.25) is 5.89 Å². The quantitative estimate of drug-likeness (QED) is 0.174. The van der Waals surface area contributed by atoms with E-state index in [1.54, 1.807) is 0 Å². The molecule has 0 unspecified atom stereocenters. The Labute approximate surface area is 291 Å². The Morgan fingerprint density at radius 2 is 0.900 bits per heavy atom. The summed E-state index contributed by atoms with van der Waals surface area (Å²) in [6.07, 6.45) is 0. The number of aromatic nitrogens is 1. The lowest BCUT2D eigenvalue weighted by molar-refractivity contribution is 0.621. The van der Waals surface area contributed by atoms with Gasteiger partial charge in [-0.3, -0.25) is 0 Å². The Morgan fingerprint density at radius 1 is 0.380 bits per heavy atom. The van der Waals surface area contributed by atoms with Crippen molar-refractivity contribution in [2.45, 2.75) is 0 Å². The number of nitrogens with zero attached hydrogens (tertiary/aromatic N) is 2. The van der Waals surface area contributed by atoms with Crippen molar-refractivity contribution < 1.29 is 4.42 Å². The Hall–Kier alpha value is -6.71. The second-order valence-electron chi connectivity index (χ2n) is 12.4. The van der Waals surface area contributed by atoms with Crippen LogP contribution in [0, 0.1) is 0 Å². The van der Waals surface area contributed by atoms with Crippen LogP contribution in [-0.4, -0.2) is 4.98 Å². The van der Waals surface area contributed by atoms with Crippen LogP contribution in [0.3, 0.4) is 0 Å². The van der Waals surface area contributed by atoms with E-state index in [0.717, 1.165) is 61.2 Å². The third kappa shape index (κ3) is 5.41. The lowest BCUT2D eigenvalue weighted by Crippen LogP contribution is -2.11. The van der Waals surface area contributed by atoms with E-state index in [1.807, 2.05) is 6.07 Å². The Balaban J connectivity index is 1.13. The number of hydrogen-bond donors (Lipinski definition) is 0. The minimum absolute atomic E-state index is 0.628. The minimum atomic E-state index is 0.628. The van der Waals surface area contributed by atoms with Crippen molar-refractivity contribution >= 4 is 38.9 Å². The van der Waals surface area contributed by atoms with Gasteiger partial charge in [0.1, 0.15) is 5.52 Å². The fourth-order valence-corrected chi connectivity index (χ4v) is 6.88. The van der Waals surface area contributed by atoms with Crippen LogP contribution in [0.4, 0.5) is 17.1 Å². The summed E-state index contributed by atoms with van der Waals surface area (Å²) in [5.74, 6) is 0.628. The average Bonchev–Trinajstić information content (AvgIpc) is 3.64. The maximum absolute atomic E-state index is 6.55. The molecule has 1 aromatic heterocycles. The van der Waals surface area contributed by atoms with Crippen LogP contribution >= 0.6 is 0 Å². The number of fused-ring (bicyclic) bond motifs is 2. The highest BCUT2D eigenvalue weighted by molar-refractivity contribution is 5.98. The number of para-hydroxylation sites is 2. The molecule has 0 saturated carbocycles. The molecule has 0 aliphatic rings. The van der Waals surface area contributed by atoms with Gasteiger partial charge in [0.15, 0.2) is 5.58 Å². The largest absolute Gasteiger partial charge is 0.435 e. The molecule has 3 heteroatoms. The van der Waals surface area contributed by atoms with Crippen LogP contribution in [0.2, 0.25) is 0 Å². The number of hydrogen-bond acceptors (Lipinski definition) is 3. The van der Waals surface area contributed by atoms with Gasteiger partial charge in [-0.1, -0.05) is 152 Å². The highest BCUT2D eigenvalue weighted by Gasteiger charge is 2.19. The summed E-state index contributed by atoms with van der Waals surface area (Å²) in [5.41, 5.74) is 12.7. The third-order valence-electron chi connectivity index (χ3n) is 9.33. The van der Waals surface area contributed by atoms with Gasteiger partial charge in [-0.25, -0.2) is 4.98 Å². The van der Waals surface area contributed by atoms with E-state index >= 15 is 0 Å². The van der Waals surface area contributed by atoms with Gasteiger partial charge in [-0.2, -0.15) is 0 Å². The maximum Gasteiger partial charge on any atom is 0.227 e. The Morgan fingerprint density at radius 3 is 1.66 bits per heavy atom. The van der Waals surface area contributed by atoms with Crippen LogP contribution in [0.25, 0.3) is 66.7 Å². The summed E-state index contributed by atoms with van der Waals surface area (Å²) in [4.78, 5) is 7.28. The van der Waals surface area contributed by atoms with E-state index in [4.69, 9.17) is 9.40 Å². The highest BCUT2D eigenvalue weighted by Crippen LogP contribution is 2.42. The molecule has 9 rings (SSSR count). The highest BCUT2D eigenvalue weighted by atomic mass is 16.3. The topological polar surface area (TPSA) is 29.3 Å². The molecule has 50 heavy (non-hydrogen) atoms. The molecular formula is C47H32N2O. The van der Waals surface area contributed by atoms with Crippen molar-refractivity contribution in [1.82, 2.24) is 4.98 Å². The van der Waals surface area contributed by atoms with E-state index in [9.17, 15) is 0 Å². The zero-order valence-corrected chi connectivity index (χ0v) is 27.3. The van der Waals surface area contributed by atoms with Gasteiger partial charge in [0.25, 0.3) is 0 Å². The fourth-order valence-electron chi connectivity index (χ4n) is 6.88. The molecule has 0 radical (unpaired) electrons. The molecule has 0 atom stereocenters. The lowest BCUT2D eigenvalue weighted by Gasteiger charge is -2.28. The molecule has 0 saturated heterocycles. The van der Waals surface area contributed by atoms with Crippen LogP contribution in [0.5, 0.6) is 0 Å². The van der Waals surface area contributed by atoms with Gasteiger partial charge in [0, 0.05) is 28.1 Å². The summed E-state index contributed by atoms with van der Waals surface area (Å²) in [5, 5.41) is 2.29. The summed E-state index contributed by atoms with van der Waals surface area (Å²) < 4.78 is 6.55. The smallest absolute Gasteiger partial charge is 0.227 e. The van der Waals surface area contributed by atoms with Crippen LogP contribution < -0.4 is 4.90 Å². The molecule has 236 valence electrons. The molecule has 8 aromatic carbocycles. The van der Waals surface area contributed by atoms with E-state index in [1.165, 1.54) is 16.7 Å². The van der Waals surface area contributed by atoms with E-state index < -0.39 is 0 Å². The van der Waals surface area contributed by atoms with E-state index in [2.05, 4.69) is 193 Å². The first-order valence-electron chi connectivity index (χ1n) is 16.9. The van der Waals surface area contributed by atoms with Crippen molar-refractivity contribution in [2.24, 2.45) is 0 Å². The minimum Gasteiger partial charge on any atom is -0.435 e. The third-order valence-corrected chi connectivity index (χ3v) is 9.33. The molecule has 0 aliphatic heterocycles. The zero-order valence-electron chi connectivity index (χ0n) is 27.3. The van der Waals surface area contributed by atoms with Crippen molar-refractivity contribution in [2.75, 3.05) is 4.90 Å². The first-order valence-corrected chi connectivity index (χ1v) is 16.9. The number of rotatable bonds is 7. The van der Waals surface area contributed by atoms with Crippen molar-refractivity contribution in [3.05, 3.63) is 194 Å². The number of oxazole rings is 1. The number of benzene rings is 8. The first kappa shape index (κ1) is 29.4. The lowest BCUT2D eigenvalue weighted by atomic mass is 10.00. The molecule has 0 bridgehead atoms. The standard InChI is InChI=1S/C47H32N2O/c1-3-13-33(14-4-1)34-25-29-38(30-26-34)49(45-24-10-9-20-41(45)36-15-5-2-6-16-36)39-31-27-37(28-32-39)42-21-12-23-44-46(42)50-47(48-44)43-22-11-18-35-17-7-8-19-40(35)43/h1-32H. The van der Waals surface area contributed by atoms with Gasteiger partial charge >= 0.3 is 0 Å². The number of anilines is 3. The Bertz CT molecular complexity index is 2570. The van der Waals surface area contributed by atoms with Gasteiger partial charge in [0.05, 0.1) is 5.69 Å². The SMILES string of the molecule is c1ccc(-c2ccc(N(c3ccc(-c4cccc5nc(-c6cccc7ccccc67)oc45)cc3)c3ccccc3-c3ccccc3)cc2)cc1. The molecule has 0 spiro atoms. The summed E-state index contributed by atoms with van der Waals surface area (Å²) in [7, 11) is 0. The van der Waals surface area contributed by atoms with Crippen LogP contribution in [0.1, 0.15) is 0 Å². The predicted octanol–water partition coefficient (Wildman–Crippen LogP) is 13.1. The fraction of sp³-hybridized carbons (Fsp3) is 0. The van der Waals surface area contributed by atoms with Gasteiger partial charge in [-0.05, 0) is 75.5 Å². The van der Waals surface area contributed by atoms with Crippen LogP contribution in [-0.2, 0) is 0 Å². The summed E-state index contributed by atoms with van der Waals surface area (Å²) in [6, 6.07) is 68.1. The molecule has 0 fully saturated rings. The molecule has 1 heterocycles. The monoisotopic (exact) mass is 640 g/mol. The second-order valence-corrected chi connectivity index (χ2v) is 12.4. The van der Waals surface area contributed by atoms with Gasteiger partial charge in [-0.15, -0.1) is 0 Å². The van der Waals surface area contributed by atoms with Gasteiger partial charge < -0.3 is 9.32 Å². The first-order chi connectivity index (χ1) is 24.8. The predicted molar refractivity (Wildman–Crippen MR) is 208 cm³/mol. The zero-order chi connectivity index (χ0) is 33.3. The molecular weight excluding hydrogens is 609 g/mol. The second kappa shape index (κ2) is 12.7. The molecule has 0 N–H and O–H groups in total. The van der Waals surface area contributed by atoms with Crippen LogP contribution in [0.15, 0.2) is 199 Å². The summed E-state index contributed by atoms with van der Waals surface area (Å²) >= 11 is 0. The van der Waals surface area contributed by atoms with E-state index in [-0.39, 0.29) is 0 Å². The molecule has 0 amide bonds. The molecule has 3 nitrogen and oxygen atoms in total. The summed E-state index contributed by atoms with van der Waals surface area (Å²) in [6.45, 7) is 0. The Kier molecular flexibility index (Phi) is 7.49. The molecule has 0 aliphatic carbocycles. The van der Waals surface area contributed by atoms with Crippen molar-refractivity contribution in [3.8, 4) is 44.8 Å². The van der Waals surface area contributed by atoms with Crippen molar-refractivity contribution in [3.63, 3.8) is 0 Å². The van der Waals surface area contributed by atoms with E-state index in [0.29, 0.717) is 5.89 Å². The van der Waals surface area contributed by atoms with Crippen molar-refractivity contribution in [1.29, 1.82) is 0 Å². The molecule has 9 aromatic rings.